The highest BCUT2D eigenvalue weighted by Gasteiger charge is 2.31. The number of hydrogen-bond acceptors (Lipinski definition) is 8. The standard InChI is InChI=1S/C26H34N2O7/c1-14(2)22(19-10-9-15(3)13-21(19)33-8)17(5)34-26(31)16(4)28-25(30)23-24(35-18(6)29)20(32-7)11-12-27-23/h9-14,16-17,22H,1-8H3,(H,28,30)/t16-,17-,22+/m0/s1. The van der Waals surface area contributed by atoms with E-state index >= 15 is 0 Å². The average Bonchev–Trinajstić information content (AvgIpc) is 2.79. The number of ether oxygens (including phenoxy) is 4. The van der Waals surface area contributed by atoms with Crippen LogP contribution < -0.4 is 19.5 Å². The van der Waals surface area contributed by atoms with Crippen LogP contribution in [0.3, 0.4) is 0 Å². The topological polar surface area (TPSA) is 113 Å². The first-order valence-corrected chi connectivity index (χ1v) is 11.4. The second-order valence-corrected chi connectivity index (χ2v) is 8.64. The third-order valence-corrected chi connectivity index (χ3v) is 5.52. The van der Waals surface area contributed by atoms with E-state index in [-0.39, 0.29) is 29.0 Å². The fourth-order valence-electron chi connectivity index (χ4n) is 3.93. The summed E-state index contributed by atoms with van der Waals surface area (Å²) in [7, 11) is 2.99. The summed E-state index contributed by atoms with van der Waals surface area (Å²) in [5, 5.41) is 2.56. The third-order valence-electron chi connectivity index (χ3n) is 5.52. The summed E-state index contributed by atoms with van der Waals surface area (Å²) in [6.07, 6.45) is 0.846. The van der Waals surface area contributed by atoms with Crippen LogP contribution in [0, 0.1) is 12.8 Å². The maximum Gasteiger partial charge on any atom is 0.328 e. The second kappa shape index (κ2) is 12.2. The molecular formula is C26H34N2O7. The fourth-order valence-corrected chi connectivity index (χ4v) is 3.93. The number of esters is 2. The van der Waals surface area contributed by atoms with Gasteiger partial charge in [-0.1, -0.05) is 26.0 Å². The number of nitrogens with zero attached hydrogens (tertiary/aromatic N) is 1. The molecule has 190 valence electrons. The number of carbonyl (C=O) groups is 3. The molecule has 1 N–H and O–H groups in total. The average molecular weight is 487 g/mol. The molecule has 0 aliphatic heterocycles. The number of amides is 1. The first-order chi connectivity index (χ1) is 16.5. The summed E-state index contributed by atoms with van der Waals surface area (Å²) in [6, 6.07) is 6.39. The van der Waals surface area contributed by atoms with E-state index < -0.39 is 30.0 Å². The van der Waals surface area contributed by atoms with E-state index in [4.69, 9.17) is 18.9 Å². The number of nitrogens with one attached hydrogen (secondary N) is 1. The Kier molecular flexibility index (Phi) is 9.62. The summed E-state index contributed by atoms with van der Waals surface area (Å²) in [5.74, 6) is -1.18. The maximum absolute atomic E-state index is 12.9. The molecule has 0 saturated heterocycles. The molecule has 0 bridgehead atoms. The Morgan fingerprint density at radius 1 is 0.971 bits per heavy atom. The Morgan fingerprint density at radius 2 is 1.63 bits per heavy atom. The van der Waals surface area contributed by atoms with Crippen molar-refractivity contribution in [3.05, 3.63) is 47.3 Å². The van der Waals surface area contributed by atoms with Gasteiger partial charge in [0, 0.05) is 30.7 Å². The number of pyridine rings is 1. The Morgan fingerprint density at radius 3 is 2.20 bits per heavy atom. The predicted octanol–water partition coefficient (Wildman–Crippen LogP) is 3.82. The van der Waals surface area contributed by atoms with Gasteiger partial charge in [-0.3, -0.25) is 9.59 Å². The van der Waals surface area contributed by atoms with Gasteiger partial charge in [0.05, 0.1) is 14.2 Å². The molecule has 0 spiro atoms. The normalized spacial score (nSPS) is 13.4. The summed E-state index contributed by atoms with van der Waals surface area (Å²) >= 11 is 0. The molecule has 2 aromatic rings. The van der Waals surface area contributed by atoms with Crippen molar-refractivity contribution in [3.63, 3.8) is 0 Å². The van der Waals surface area contributed by atoms with Crippen LogP contribution in [-0.4, -0.2) is 49.2 Å². The molecule has 1 heterocycles. The zero-order chi connectivity index (χ0) is 26.3. The third kappa shape index (κ3) is 6.94. The first-order valence-electron chi connectivity index (χ1n) is 11.4. The van der Waals surface area contributed by atoms with Crippen LogP contribution in [-0.2, 0) is 14.3 Å². The van der Waals surface area contributed by atoms with Crippen molar-refractivity contribution in [2.24, 2.45) is 5.92 Å². The molecule has 2 rings (SSSR count). The molecule has 9 heteroatoms. The SMILES string of the molecule is COc1cc(C)ccc1[C@H](C(C)C)[C@H](C)OC(=O)[C@H](C)NC(=O)c1nccc(OC)c1OC(C)=O. The van der Waals surface area contributed by atoms with Gasteiger partial charge in [-0.2, -0.15) is 0 Å². The number of benzene rings is 1. The van der Waals surface area contributed by atoms with Crippen molar-refractivity contribution in [2.45, 2.75) is 59.6 Å². The molecule has 0 saturated carbocycles. The van der Waals surface area contributed by atoms with Gasteiger partial charge in [-0.15, -0.1) is 0 Å². The Bertz CT molecular complexity index is 1070. The van der Waals surface area contributed by atoms with E-state index in [0.29, 0.717) is 0 Å². The number of rotatable bonds is 10. The van der Waals surface area contributed by atoms with Crippen LogP contribution >= 0.6 is 0 Å². The smallest absolute Gasteiger partial charge is 0.328 e. The largest absolute Gasteiger partial charge is 0.496 e. The molecule has 1 amide bonds. The van der Waals surface area contributed by atoms with Gasteiger partial charge in [-0.25, -0.2) is 9.78 Å². The maximum atomic E-state index is 12.9. The summed E-state index contributed by atoms with van der Waals surface area (Å²) in [5.41, 5.74) is 1.82. The lowest BCUT2D eigenvalue weighted by molar-refractivity contribution is -0.151. The molecule has 0 unspecified atom stereocenters. The lowest BCUT2D eigenvalue weighted by Crippen LogP contribution is -2.42. The van der Waals surface area contributed by atoms with E-state index in [1.165, 1.54) is 33.2 Å². The van der Waals surface area contributed by atoms with Crippen LogP contribution in [0.1, 0.15) is 62.2 Å². The minimum absolute atomic E-state index is 0.125. The van der Waals surface area contributed by atoms with Crippen LogP contribution in [0.2, 0.25) is 0 Å². The molecule has 1 aromatic carbocycles. The van der Waals surface area contributed by atoms with Crippen molar-refractivity contribution in [1.82, 2.24) is 10.3 Å². The van der Waals surface area contributed by atoms with Gasteiger partial charge >= 0.3 is 11.9 Å². The van der Waals surface area contributed by atoms with E-state index in [1.807, 2.05) is 45.9 Å². The van der Waals surface area contributed by atoms with E-state index in [2.05, 4.69) is 10.3 Å². The lowest BCUT2D eigenvalue weighted by Gasteiger charge is -2.30. The van der Waals surface area contributed by atoms with E-state index in [9.17, 15) is 14.4 Å². The fraction of sp³-hybridized carbons (Fsp3) is 0.462. The second-order valence-electron chi connectivity index (χ2n) is 8.64. The van der Waals surface area contributed by atoms with Crippen LogP contribution in [0.15, 0.2) is 30.5 Å². The van der Waals surface area contributed by atoms with Gasteiger partial charge in [0.2, 0.25) is 5.75 Å². The van der Waals surface area contributed by atoms with Gasteiger partial charge in [0.1, 0.15) is 17.9 Å². The molecule has 0 aliphatic rings. The first kappa shape index (κ1) is 27.6. The van der Waals surface area contributed by atoms with Crippen LogP contribution in [0.25, 0.3) is 0 Å². The van der Waals surface area contributed by atoms with Gasteiger partial charge < -0.3 is 24.3 Å². The number of aromatic nitrogens is 1. The highest BCUT2D eigenvalue weighted by Crippen LogP contribution is 2.36. The monoisotopic (exact) mass is 486 g/mol. The summed E-state index contributed by atoms with van der Waals surface area (Å²) < 4.78 is 21.6. The molecular weight excluding hydrogens is 452 g/mol. The van der Waals surface area contributed by atoms with Gasteiger partial charge in [-0.05, 0) is 38.3 Å². The predicted molar refractivity (Wildman–Crippen MR) is 130 cm³/mol. The molecule has 0 aliphatic carbocycles. The number of carbonyl (C=O) groups excluding carboxylic acids is 3. The van der Waals surface area contributed by atoms with E-state index in [1.54, 1.807) is 7.11 Å². The van der Waals surface area contributed by atoms with Crippen molar-refractivity contribution < 1.29 is 33.3 Å². The quantitative estimate of drug-likeness (QED) is 0.504. The van der Waals surface area contributed by atoms with E-state index in [0.717, 1.165) is 16.9 Å². The number of methoxy groups -OCH3 is 2. The van der Waals surface area contributed by atoms with Gasteiger partial charge in [0.25, 0.3) is 5.91 Å². The van der Waals surface area contributed by atoms with Crippen molar-refractivity contribution in [2.75, 3.05) is 14.2 Å². The Labute approximate surface area is 206 Å². The highest BCUT2D eigenvalue weighted by molar-refractivity contribution is 5.98. The zero-order valence-corrected chi connectivity index (χ0v) is 21.5. The van der Waals surface area contributed by atoms with Gasteiger partial charge in [0.15, 0.2) is 11.4 Å². The molecule has 35 heavy (non-hydrogen) atoms. The molecule has 0 radical (unpaired) electrons. The number of aryl methyl sites for hydroxylation is 1. The van der Waals surface area contributed by atoms with Crippen LogP contribution in [0.5, 0.6) is 17.2 Å². The molecule has 1 aromatic heterocycles. The minimum Gasteiger partial charge on any atom is -0.496 e. The zero-order valence-electron chi connectivity index (χ0n) is 21.5. The number of hydrogen-bond donors (Lipinski definition) is 1. The highest BCUT2D eigenvalue weighted by atomic mass is 16.6. The molecule has 3 atom stereocenters. The van der Waals surface area contributed by atoms with Crippen molar-refractivity contribution in [1.29, 1.82) is 0 Å². The summed E-state index contributed by atoms with van der Waals surface area (Å²) in [6.45, 7) is 10.6. The molecule has 9 nitrogen and oxygen atoms in total. The van der Waals surface area contributed by atoms with Crippen molar-refractivity contribution >= 4 is 17.8 Å². The Hall–Kier alpha value is -3.62. The Balaban J connectivity index is 2.19. The minimum atomic E-state index is -0.990. The molecule has 0 fully saturated rings. The lowest BCUT2D eigenvalue weighted by atomic mass is 9.83. The van der Waals surface area contributed by atoms with Crippen molar-refractivity contribution in [3.8, 4) is 17.2 Å². The van der Waals surface area contributed by atoms with Crippen LogP contribution in [0.4, 0.5) is 0 Å². The summed E-state index contributed by atoms with van der Waals surface area (Å²) in [4.78, 5) is 41.2.